The number of hydrogen-bond acceptors (Lipinski definition) is 3. The highest BCUT2D eigenvalue weighted by atomic mass is 32.2. The third-order valence-corrected chi connectivity index (χ3v) is 1.21. The highest BCUT2D eigenvalue weighted by molar-refractivity contribution is 7.98. The van der Waals surface area contributed by atoms with Crippen LogP contribution < -0.4 is 0 Å². The van der Waals surface area contributed by atoms with Gasteiger partial charge in [0.15, 0.2) is 11.5 Å². The van der Waals surface area contributed by atoms with Gasteiger partial charge >= 0.3 is 0 Å². The van der Waals surface area contributed by atoms with Gasteiger partial charge in [0.25, 0.3) is 0 Å². The average molecular weight is 115 g/mol. The molecule has 0 aliphatic rings. The SMILES string of the molecule is CSc1cnco1. The first kappa shape index (κ1) is 4.71. The van der Waals surface area contributed by atoms with Crippen LogP contribution in [0.4, 0.5) is 0 Å². The largest absolute Gasteiger partial charge is 0.437 e. The Balaban J connectivity index is 2.76. The lowest BCUT2D eigenvalue weighted by Gasteiger charge is -1.77. The van der Waals surface area contributed by atoms with Crippen LogP contribution in [0.3, 0.4) is 0 Å². The lowest BCUT2D eigenvalue weighted by Crippen LogP contribution is -1.52. The Morgan fingerprint density at radius 1 is 1.86 bits per heavy atom. The molecule has 0 saturated carbocycles. The Kier molecular flexibility index (Phi) is 1.36. The summed E-state index contributed by atoms with van der Waals surface area (Å²) in [6, 6.07) is 0. The molecule has 0 spiro atoms. The molecule has 38 valence electrons. The minimum Gasteiger partial charge on any atom is -0.437 e. The monoisotopic (exact) mass is 115 g/mol. The third-order valence-electron chi connectivity index (χ3n) is 0.611. The molecule has 0 aliphatic heterocycles. The van der Waals surface area contributed by atoms with Gasteiger partial charge in [-0.15, -0.1) is 0 Å². The van der Waals surface area contributed by atoms with E-state index in [4.69, 9.17) is 4.42 Å². The molecule has 0 atom stereocenters. The van der Waals surface area contributed by atoms with Crippen molar-refractivity contribution in [1.29, 1.82) is 0 Å². The molecule has 0 unspecified atom stereocenters. The molecule has 1 aromatic heterocycles. The third kappa shape index (κ3) is 0.962. The first-order valence-corrected chi connectivity index (χ1v) is 3.08. The fourth-order valence-electron chi connectivity index (χ4n) is 0.305. The van der Waals surface area contributed by atoms with E-state index in [1.807, 2.05) is 6.26 Å². The zero-order valence-electron chi connectivity index (χ0n) is 3.92. The van der Waals surface area contributed by atoms with Crippen molar-refractivity contribution in [2.75, 3.05) is 6.26 Å². The van der Waals surface area contributed by atoms with Gasteiger partial charge < -0.3 is 4.42 Å². The maximum atomic E-state index is 4.83. The minimum absolute atomic E-state index is 0.861. The topological polar surface area (TPSA) is 26.0 Å². The summed E-state index contributed by atoms with van der Waals surface area (Å²) in [4.78, 5) is 3.71. The molecule has 1 rings (SSSR count). The van der Waals surface area contributed by atoms with Crippen LogP contribution >= 0.6 is 11.8 Å². The highest BCUT2D eigenvalue weighted by Gasteiger charge is 1.86. The van der Waals surface area contributed by atoms with Crippen molar-refractivity contribution in [1.82, 2.24) is 4.98 Å². The fourth-order valence-corrected chi connectivity index (χ4v) is 0.610. The molecule has 0 radical (unpaired) electrons. The van der Waals surface area contributed by atoms with Crippen LogP contribution in [0, 0.1) is 0 Å². The van der Waals surface area contributed by atoms with Crippen LogP contribution in [-0.4, -0.2) is 11.2 Å². The van der Waals surface area contributed by atoms with Crippen LogP contribution in [0.2, 0.25) is 0 Å². The summed E-state index contributed by atoms with van der Waals surface area (Å²) < 4.78 is 4.83. The molecule has 1 aromatic rings. The van der Waals surface area contributed by atoms with Gasteiger partial charge in [0.1, 0.15) is 0 Å². The molecule has 0 amide bonds. The van der Waals surface area contributed by atoms with E-state index in [-0.39, 0.29) is 0 Å². The van der Waals surface area contributed by atoms with E-state index in [9.17, 15) is 0 Å². The Hall–Kier alpha value is -0.440. The Labute approximate surface area is 45.9 Å². The van der Waals surface area contributed by atoms with Crippen molar-refractivity contribution >= 4 is 11.8 Å². The summed E-state index contributed by atoms with van der Waals surface area (Å²) in [5.41, 5.74) is 0. The van der Waals surface area contributed by atoms with Crippen molar-refractivity contribution in [3.05, 3.63) is 12.6 Å². The Morgan fingerprint density at radius 2 is 2.71 bits per heavy atom. The predicted octanol–water partition coefficient (Wildman–Crippen LogP) is 1.40. The van der Waals surface area contributed by atoms with Crippen LogP contribution in [0.1, 0.15) is 0 Å². The molecule has 0 saturated heterocycles. The summed E-state index contributed by atoms with van der Waals surface area (Å²) in [6.45, 7) is 0. The lowest BCUT2D eigenvalue weighted by molar-refractivity contribution is 0.470. The number of rotatable bonds is 1. The Morgan fingerprint density at radius 3 is 3.00 bits per heavy atom. The smallest absolute Gasteiger partial charge is 0.182 e. The van der Waals surface area contributed by atoms with Crippen LogP contribution in [0.15, 0.2) is 22.1 Å². The van der Waals surface area contributed by atoms with Crippen molar-refractivity contribution in [3.8, 4) is 0 Å². The first-order chi connectivity index (χ1) is 3.43. The number of aromatic nitrogens is 1. The van der Waals surface area contributed by atoms with Crippen molar-refractivity contribution in [3.63, 3.8) is 0 Å². The van der Waals surface area contributed by atoms with E-state index in [1.165, 1.54) is 6.39 Å². The van der Waals surface area contributed by atoms with E-state index in [0.717, 1.165) is 5.09 Å². The van der Waals surface area contributed by atoms with Crippen LogP contribution in [-0.2, 0) is 0 Å². The van der Waals surface area contributed by atoms with E-state index in [0.29, 0.717) is 0 Å². The van der Waals surface area contributed by atoms with E-state index in [1.54, 1.807) is 18.0 Å². The summed E-state index contributed by atoms with van der Waals surface area (Å²) in [5, 5.41) is 0.861. The molecule has 0 fully saturated rings. The number of thioether (sulfide) groups is 1. The van der Waals surface area contributed by atoms with Gasteiger partial charge in [-0.1, -0.05) is 11.8 Å². The molecule has 0 bridgehead atoms. The molecule has 2 nitrogen and oxygen atoms in total. The quantitative estimate of drug-likeness (QED) is 0.517. The van der Waals surface area contributed by atoms with Crippen LogP contribution in [0.25, 0.3) is 0 Å². The van der Waals surface area contributed by atoms with Gasteiger partial charge in [-0.05, 0) is 6.26 Å². The predicted molar refractivity (Wildman–Crippen MR) is 28.3 cm³/mol. The standard InChI is InChI=1S/C4H5NOS/c1-7-4-2-5-3-6-4/h2-3H,1H3. The second-order valence-electron chi connectivity index (χ2n) is 1.02. The minimum atomic E-state index is 0.861. The number of nitrogens with zero attached hydrogens (tertiary/aromatic N) is 1. The van der Waals surface area contributed by atoms with Gasteiger partial charge in [0.05, 0.1) is 6.20 Å². The summed E-state index contributed by atoms with van der Waals surface area (Å²) in [5.74, 6) is 0. The van der Waals surface area contributed by atoms with Crippen LogP contribution in [0.5, 0.6) is 0 Å². The van der Waals surface area contributed by atoms with Gasteiger partial charge in [-0.3, -0.25) is 0 Å². The lowest BCUT2D eigenvalue weighted by atomic mass is 11.0. The summed E-state index contributed by atoms with van der Waals surface area (Å²) >= 11 is 1.55. The second kappa shape index (κ2) is 2.02. The molecule has 3 heteroatoms. The fraction of sp³-hybridized carbons (Fsp3) is 0.250. The van der Waals surface area contributed by atoms with Crippen molar-refractivity contribution in [2.45, 2.75) is 5.09 Å². The highest BCUT2D eigenvalue weighted by Crippen LogP contribution is 2.10. The number of hydrogen-bond donors (Lipinski definition) is 0. The zero-order valence-corrected chi connectivity index (χ0v) is 4.73. The Bertz CT molecular complexity index is 126. The van der Waals surface area contributed by atoms with Crippen molar-refractivity contribution in [2.24, 2.45) is 0 Å². The van der Waals surface area contributed by atoms with Gasteiger partial charge in [0.2, 0.25) is 0 Å². The molecular formula is C4H5NOS. The molecule has 0 aromatic carbocycles. The molecule has 0 N–H and O–H groups in total. The average Bonchev–Trinajstić information content (AvgIpc) is 2.14. The molecule has 1 heterocycles. The van der Waals surface area contributed by atoms with Crippen molar-refractivity contribution < 1.29 is 4.42 Å². The van der Waals surface area contributed by atoms with Gasteiger partial charge in [-0.25, -0.2) is 4.98 Å². The number of oxazole rings is 1. The second-order valence-corrected chi connectivity index (χ2v) is 1.84. The first-order valence-electron chi connectivity index (χ1n) is 1.86. The maximum Gasteiger partial charge on any atom is 0.182 e. The van der Waals surface area contributed by atoms with E-state index in [2.05, 4.69) is 4.98 Å². The normalized spacial score (nSPS) is 9.29. The van der Waals surface area contributed by atoms with Gasteiger partial charge in [-0.2, -0.15) is 0 Å². The zero-order chi connectivity index (χ0) is 5.11. The maximum absolute atomic E-state index is 4.83. The summed E-state index contributed by atoms with van der Waals surface area (Å²) in [7, 11) is 0. The summed E-state index contributed by atoms with van der Waals surface area (Å²) in [6.07, 6.45) is 5.05. The molecular weight excluding hydrogens is 110 g/mol. The molecule has 0 aliphatic carbocycles. The van der Waals surface area contributed by atoms with E-state index >= 15 is 0 Å². The molecule has 7 heavy (non-hydrogen) atoms. The van der Waals surface area contributed by atoms with Gasteiger partial charge in [0, 0.05) is 0 Å². The van der Waals surface area contributed by atoms with E-state index < -0.39 is 0 Å².